The van der Waals surface area contributed by atoms with Crippen LogP contribution < -0.4 is 4.90 Å². The molecule has 2 atom stereocenters. The highest BCUT2D eigenvalue weighted by Gasteiger charge is 2.32. The van der Waals surface area contributed by atoms with E-state index in [0.717, 1.165) is 24.6 Å². The summed E-state index contributed by atoms with van der Waals surface area (Å²) in [6, 6.07) is 0. The van der Waals surface area contributed by atoms with E-state index in [-0.39, 0.29) is 17.9 Å². The van der Waals surface area contributed by atoms with Gasteiger partial charge in [0, 0.05) is 31.3 Å². The minimum atomic E-state index is -0.0461. The van der Waals surface area contributed by atoms with Gasteiger partial charge in [0.1, 0.15) is 0 Å². The molecule has 3 heterocycles. The Morgan fingerprint density at radius 1 is 1.57 bits per heavy atom. The second kappa shape index (κ2) is 6.83. The molecule has 0 N–H and O–H groups in total. The lowest BCUT2D eigenvalue weighted by molar-refractivity contribution is -0.123. The Labute approximate surface area is 128 Å². The molecule has 2 unspecified atom stereocenters. The van der Waals surface area contributed by atoms with Crippen molar-refractivity contribution in [1.29, 1.82) is 0 Å². The van der Waals surface area contributed by atoms with Gasteiger partial charge in [0.2, 0.25) is 5.91 Å². The summed E-state index contributed by atoms with van der Waals surface area (Å²) < 4.78 is 11.1. The molecule has 0 bridgehead atoms. The first-order valence-corrected chi connectivity index (χ1v) is 8.21. The standard InChI is InChI=1S/C14H21N3O3S/c1-16-4-6-20-12(8-16)9-17(14-15-3-7-21-14)13(18)11-2-5-19-10-11/h3,7,11-12H,2,4-6,8-10H2,1H3. The van der Waals surface area contributed by atoms with E-state index in [0.29, 0.717) is 26.4 Å². The van der Waals surface area contributed by atoms with Crippen molar-refractivity contribution in [2.75, 3.05) is 51.4 Å². The fourth-order valence-corrected chi connectivity index (χ4v) is 3.40. The van der Waals surface area contributed by atoms with E-state index in [1.165, 1.54) is 11.3 Å². The summed E-state index contributed by atoms with van der Waals surface area (Å²) in [5.41, 5.74) is 0. The van der Waals surface area contributed by atoms with Gasteiger partial charge in [0.25, 0.3) is 0 Å². The Bertz CT molecular complexity index is 462. The molecule has 0 aromatic carbocycles. The zero-order valence-electron chi connectivity index (χ0n) is 12.2. The van der Waals surface area contributed by atoms with Gasteiger partial charge in [-0.2, -0.15) is 0 Å². The maximum Gasteiger partial charge on any atom is 0.234 e. The predicted octanol–water partition coefficient (Wildman–Crippen LogP) is 0.843. The lowest BCUT2D eigenvalue weighted by Gasteiger charge is -2.33. The molecule has 0 saturated carbocycles. The van der Waals surface area contributed by atoms with Crippen molar-refractivity contribution < 1.29 is 14.3 Å². The largest absolute Gasteiger partial charge is 0.381 e. The van der Waals surface area contributed by atoms with Crippen LogP contribution in [0.3, 0.4) is 0 Å². The summed E-state index contributed by atoms with van der Waals surface area (Å²) in [6.45, 7) is 4.26. The van der Waals surface area contributed by atoms with Crippen molar-refractivity contribution in [3.05, 3.63) is 11.6 Å². The van der Waals surface area contributed by atoms with Crippen LogP contribution in [-0.4, -0.2) is 68.4 Å². The molecule has 1 aromatic heterocycles. The zero-order chi connectivity index (χ0) is 14.7. The van der Waals surface area contributed by atoms with Gasteiger partial charge in [-0.25, -0.2) is 4.98 Å². The molecule has 6 nitrogen and oxygen atoms in total. The van der Waals surface area contributed by atoms with Crippen LogP contribution in [0.1, 0.15) is 6.42 Å². The molecule has 0 aliphatic carbocycles. The van der Waals surface area contributed by atoms with Crippen LogP contribution in [0, 0.1) is 5.92 Å². The van der Waals surface area contributed by atoms with Gasteiger partial charge in [-0.3, -0.25) is 9.69 Å². The maximum atomic E-state index is 12.7. The number of rotatable bonds is 4. The molecular weight excluding hydrogens is 290 g/mol. The van der Waals surface area contributed by atoms with Crippen LogP contribution in [0.15, 0.2) is 11.6 Å². The van der Waals surface area contributed by atoms with Crippen molar-refractivity contribution in [3.8, 4) is 0 Å². The molecule has 2 saturated heterocycles. The molecule has 2 aliphatic rings. The fraction of sp³-hybridized carbons (Fsp3) is 0.714. The Kier molecular flexibility index (Phi) is 4.84. The molecule has 21 heavy (non-hydrogen) atoms. The van der Waals surface area contributed by atoms with Crippen LogP contribution >= 0.6 is 11.3 Å². The molecule has 116 valence electrons. The van der Waals surface area contributed by atoms with E-state index in [1.54, 1.807) is 11.1 Å². The Morgan fingerprint density at radius 2 is 2.48 bits per heavy atom. The Balaban J connectivity index is 1.71. The number of carbonyl (C=O) groups is 1. The van der Waals surface area contributed by atoms with Crippen LogP contribution in [-0.2, 0) is 14.3 Å². The Morgan fingerprint density at radius 3 is 3.14 bits per heavy atom. The van der Waals surface area contributed by atoms with Crippen molar-refractivity contribution in [2.45, 2.75) is 12.5 Å². The molecule has 2 aliphatic heterocycles. The number of aromatic nitrogens is 1. The SMILES string of the molecule is CN1CCOC(CN(C(=O)C2CCOC2)c2nccs2)C1. The summed E-state index contributed by atoms with van der Waals surface area (Å²) in [7, 11) is 2.08. The molecule has 0 radical (unpaired) electrons. The van der Waals surface area contributed by atoms with Crippen LogP contribution in [0.4, 0.5) is 5.13 Å². The average Bonchev–Trinajstić information content (AvgIpc) is 3.17. The van der Waals surface area contributed by atoms with Gasteiger partial charge >= 0.3 is 0 Å². The third-order valence-corrected chi connectivity index (χ3v) is 4.72. The van der Waals surface area contributed by atoms with E-state index in [1.807, 2.05) is 5.38 Å². The van der Waals surface area contributed by atoms with E-state index in [4.69, 9.17) is 9.47 Å². The molecular formula is C14H21N3O3S. The number of carbonyl (C=O) groups excluding carboxylic acids is 1. The third-order valence-electron chi connectivity index (χ3n) is 3.92. The lowest BCUT2D eigenvalue weighted by Crippen LogP contribution is -2.49. The second-order valence-corrected chi connectivity index (χ2v) is 6.45. The minimum Gasteiger partial charge on any atom is -0.381 e. The van der Waals surface area contributed by atoms with E-state index in [2.05, 4.69) is 16.9 Å². The number of likely N-dealkylation sites (N-methyl/N-ethyl adjacent to an activating group) is 1. The van der Waals surface area contributed by atoms with Gasteiger partial charge in [-0.15, -0.1) is 11.3 Å². The van der Waals surface area contributed by atoms with E-state index < -0.39 is 0 Å². The van der Waals surface area contributed by atoms with Crippen molar-refractivity contribution in [2.24, 2.45) is 5.92 Å². The molecule has 0 spiro atoms. The van der Waals surface area contributed by atoms with Crippen molar-refractivity contribution >= 4 is 22.4 Å². The molecule has 1 aromatic rings. The third kappa shape index (κ3) is 3.60. The summed E-state index contributed by atoms with van der Waals surface area (Å²) in [6.07, 6.45) is 2.57. The number of amides is 1. The normalized spacial score (nSPS) is 26.9. The number of ether oxygens (including phenoxy) is 2. The molecule has 3 rings (SSSR count). The van der Waals surface area contributed by atoms with Gasteiger partial charge in [-0.05, 0) is 13.5 Å². The first-order chi connectivity index (χ1) is 10.2. The predicted molar refractivity (Wildman–Crippen MR) is 80.6 cm³/mol. The first-order valence-electron chi connectivity index (χ1n) is 7.33. The minimum absolute atomic E-state index is 0.0407. The topological polar surface area (TPSA) is 54.9 Å². The van der Waals surface area contributed by atoms with Gasteiger partial charge in [0.05, 0.1) is 31.8 Å². The monoisotopic (exact) mass is 311 g/mol. The number of thiazole rings is 1. The van der Waals surface area contributed by atoms with Gasteiger partial charge in [0.15, 0.2) is 5.13 Å². The highest BCUT2D eigenvalue weighted by Crippen LogP contribution is 2.24. The fourth-order valence-electron chi connectivity index (χ4n) is 2.74. The van der Waals surface area contributed by atoms with Crippen LogP contribution in [0.5, 0.6) is 0 Å². The van der Waals surface area contributed by atoms with Gasteiger partial charge < -0.3 is 14.4 Å². The van der Waals surface area contributed by atoms with E-state index in [9.17, 15) is 4.79 Å². The van der Waals surface area contributed by atoms with Crippen molar-refractivity contribution in [3.63, 3.8) is 0 Å². The molecule has 2 fully saturated rings. The maximum absolute atomic E-state index is 12.7. The van der Waals surface area contributed by atoms with Crippen LogP contribution in [0.2, 0.25) is 0 Å². The number of anilines is 1. The quantitative estimate of drug-likeness (QED) is 0.825. The number of nitrogens with zero attached hydrogens (tertiary/aromatic N) is 3. The highest BCUT2D eigenvalue weighted by atomic mass is 32.1. The summed E-state index contributed by atoms with van der Waals surface area (Å²) in [5, 5.41) is 2.65. The Hall–Kier alpha value is -1.02. The zero-order valence-corrected chi connectivity index (χ0v) is 13.1. The summed E-state index contributed by atoms with van der Waals surface area (Å²) >= 11 is 1.49. The van der Waals surface area contributed by atoms with E-state index >= 15 is 0 Å². The summed E-state index contributed by atoms with van der Waals surface area (Å²) in [4.78, 5) is 21.1. The van der Waals surface area contributed by atoms with Crippen molar-refractivity contribution in [1.82, 2.24) is 9.88 Å². The van der Waals surface area contributed by atoms with Crippen LogP contribution in [0.25, 0.3) is 0 Å². The number of hydrogen-bond acceptors (Lipinski definition) is 6. The second-order valence-electron chi connectivity index (χ2n) is 5.58. The average molecular weight is 311 g/mol. The molecule has 1 amide bonds. The van der Waals surface area contributed by atoms with Gasteiger partial charge in [-0.1, -0.05) is 0 Å². The number of morpholine rings is 1. The first kappa shape index (κ1) is 14.9. The molecule has 7 heteroatoms. The summed E-state index contributed by atoms with van der Waals surface area (Å²) in [5.74, 6) is 0.0643. The lowest BCUT2D eigenvalue weighted by atomic mass is 10.1. The smallest absolute Gasteiger partial charge is 0.234 e. The highest BCUT2D eigenvalue weighted by molar-refractivity contribution is 7.13. The number of hydrogen-bond donors (Lipinski definition) is 0.